The first-order valence-electron chi connectivity index (χ1n) is 5.97. The Morgan fingerprint density at radius 1 is 1.20 bits per heavy atom. The SMILES string of the molecule is CCNC(C)CC(=O)NCC(C)C(C)C. The molecule has 0 saturated heterocycles. The van der Waals surface area contributed by atoms with Gasteiger partial charge in [0.15, 0.2) is 0 Å². The zero-order valence-corrected chi connectivity index (χ0v) is 10.8. The minimum atomic E-state index is 0.149. The maximum atomic E-state index is 11.5. The summed E-state index contributed by atoms with van der Waals surface area (Å²) in [7, 11) is 0. The lowest BCUT2D eigenvalue weighted by molar-refractivity contribution is -0.121. The second kappa shape index (κ2) is 7.69. The fourth-order valence-corrected chi connectivity index (χ4v) is 1.28. The molecule has 0 aliphatic rings. The van der Waals surface area contributed by atoms with Crippen LogP contribution < -0.4 is 10.6 Å². The summed E-state index contributed by atoms with van der Waals surface area (Å²) in [6.07, 6.45) is 0.568. The molecular weight excluding hydrogens is 188 g/mol. The van der Waals surface area contributed by atoms with Gasteiger partial charge in [-0.1, -0.05) is 27.7 Å². The van der Waals surface area contributed by atoms with Crippen molar-refractivity contribution in [2.75, 3.05) is 13.1 Å². The van der Waals surface area contributed by atoms with E-state index >= 15 is 0 Å². The highest BCUT2D eigenvalue weighted by Gasteiger charge is 2.11. The van der Waals surface area contributed by atoms with Crippen molar-refractivity contribution >= 4 is 5.91 Å². The lowest BCUT2D eigenvalue weighted by Crippen LogP contribution is -2.36. The standard InChI is InChI=1S/C12H26N2O/c1-6-13-11(5)7-12(15)14-8-10(4)9(2)3/h9-11,13H,6-8H2,1-5H3,(H,14,15). The van der Waals surface area contributed by atoms with Crippen molar-refractivity contribution < 1.29 is 4.79 Å². The molecule has 0 bridgehead atoms. The van der Waals surface area contributed by atoms with Crippen molar-refractivity contribution in [2.45, 2.75) is 47.1 Å². The molecule has 0 aliphatic heterocycles. The van der Waals surface area contributed by atoms with Gasteiger partial charge in [-0.3, -0.25) is 4.79 Å². The molecule has 2 N–H and O–H groups in total. The van der Waals surface area contributed by atoms with Gasteiger partial charge < -0.3 is 10.6 Å². The minimum absolute atomic E-state index is 0.149. The van der Waals surface area contributed by atoms with Crippen molar-refractivity contribution in [3.05, 3.63) is 0 Å². The van der Waals surface area contributed by atoms with Crippen LogP contribution in [-0.2, 0) is 4.79 Å². The van der Waals surface area contributed by atoms with Crippen LogP contribution in [-0.4, -0.2) is 25.0 Å². The Balaban J connectivity index is 3.66. The van der Waals surface area contributed by atoms with E-state index in [2.05, 4.69) is 38.3 Å². The molecule has 0 fully saturated rings. The summed E-state index contributed by atoms with van der Waals surface area (Å²) in [5, 5.41) is 6.20. The zero-order chi connectivity index (χ0) is 11.8. The van der Waals surface area contributed by atoms with Gasteiger partial charge in [-0.05, 0) is 25.3 Å². The van der Waals surface area contributed by atoms with E-state index in [-0.39, 0.29) is 11.9 Å². The summed E-state index contributed by atoms with van der Waals surface area (Å²) in [5.74, 6) is 1.32. The van der Waals surface area contributed by atoms with Crippen molar-refractivity contribution in [3.63, 3.8) is 0 Å². The van der Waals surface area contributed by atoms with E-state index in [0.29, 0.717) is 18.3 Å². The topological polar surface area (TPSA) is 41.1 Å². The summed E-state index contributed by atoms with van der Waals surface area (Å²) in [4.78, 5) is 11.5. The Labute approximate surface area is 94.0 Å². The predicted octanol–water partition coefficient (Wildman–Crippen LogP) is 1.78. The summed E-state index contributed by atoms with van der Waals surface area (Å²) < 4.78 is 0. The predicted molar refractivity (Wildman–Crippen MR) is 64.8 cm³/mol. The monoisotopic (exact) mass is 214 g/mol. The van der Waals surface area contributed by atoms with E-state index in [4.69, 9.17) is 0 Å². The van der Waals surface area contributed by atoms with E-state index < -0.39 is 0 Å². The number of rotatable bonds is 7. The van der Waals surface area contributed by atoms with Crippen LogP contribution in [0.1, 0.15) is 41.0 Å². The Kier molecular flexibility index (Phi) is 7.39. The van der Waals surface area contributed by atoms with Gasteiger partial charge in [0, 0.05) is 19.0 Å². The smallest absolute Gasteiger partial charge is 0.221 e. The largest absolute Gasteiger partial charge is 0.356 e. The molecule has 0 aliphatic carbocycles. The normalized spacial score (nSPS) is 15.1. The Morgan fingerprint density at radius 3 is 2.27 bits per heavy atom. The van der Waals surface area contributed by atoms with E-state index in [9.17, 15) is 4.79 Å². The van der Waals surface area contributed by atoms with Crippen LogP contribution >= 0.6 is 0 Å². The number of hydrogen-bond donors (Lipinski definition) is 2. The summed E-state index contributed by atoms with van der Waals surface area (Å²) >= 11 is 0. The Bertz CT molecular complexity index is 180. The van der Waals surface area contributed by atoms with Gasteiger partial charge in [0.2, 0.25) is 5.91 Å². The molecule has 0 rings (SSSR count). The Hall–Kier alpha value is -0.570. The quantitative estimate of drug-likeness (QED) is 0.678. The number of amides is 1. The van der Waals surface area contributed by atoms with Crippen molar-refractivity contribution in [1.29, 1.82) is 0 Å². The molecule has 1 amide bonds. The molecule has 0 aromatic carbocycles. The van der Waals surface area contributed by atoms with Crippen LogP contribution in [0.15, 0.2) is 0 Å². The molecule has 3 heteroatoms. The highest BCUT2D eigenvalue weighted by Crippen LogP contribution is 2.07. The molecule has 0 heterocycles. The van der Waals surface area contributed by atoms with Crippen LogP contribution in [0.5, 0.6) is 0 Å². The minimum Gasteiger partial charge on any atom is -0.356 e. The first-order chi connectivity index (χ1) is 6.97. The molecular formula is C12H26N2O. The van der Waals surface area contributed by atoms with Gasteiger partial charge in [0.25, 0.3) is 0 Å². The average Bonchev–Trinajstić information content (AvgIpc) is 2.14. The number of hydrogen-bond acceptors (Lipinski definition) is 2. The summed E-state index contributed by atoms with van der Waals surface area (Å²) in [6.45, 7) is 12.3. The fourth-order valence-electron chi connectivity index (χ4n) is 1.28. The van der Waals surface area contributed by atoms with Crippen molar-refractivity contribution in [3.8, 4) is 0 Å². The van der Waals surface area contributed by atoms with Gasteiger partial charge in [-0.2, -0.15) is 0 Å². The average molecular weight is 214 g/mol. The second-order valence-corrected chi connectivity index (χ2v) is 4.69. The summed E-state index contributed by atoms with van der Waals surface area (Å²) in [5.41, 5.74) is 0. The molecule has 2 unspecified atom stereocenters. The molecule has 2 atom stereocenters. The molecule has 3 nitrogen and oxygen atoms in total. The van der Waals surface area contributed by atoms with Crippen LogP contribution in [0.4, 0.5) is 0 Å². The lowest BCUT2D eigenvalue weighted by atomic mass is 9.98. The third kappa shape index (κ3) is 7.37. The molecule has 0 spiro atoms. The zero-order valence-electron chi connectivity index (χ0n) is 10.8. The van der Waals surface area contributed by atoms with Gasteiger partial charge in [0.1, 0.15) is 0 Å². The van der Waals surface area contributed by atoms with Gasteiger partial charge in [-0.25, -0.2) is 0 Å². The molecule has 0 saturated carbocycles. The fraction of sp³-hybridized carbons (Fsp3) is 0.917. The molecule has 0 aromatic heterocycles. The van der Waals surface area contributed by atoms with Crippen LogP contribution in [0.2, 0.25) is 0 Å². The van der Waals surface area contributed by atoms with E-state index in [1.807, 2.05) is 6.92 Å². The maximum absolute atomic E-state index is 11.5. The van der Waals surface area contributed by atoms with Gasteiger partial charge >= 0.3 is 0 Å². The number of carbonyl (C=O) groups is 1. The van der Waals surface area contributed by atoms with Crippen LogP contribution in [0.3, 0.4) is 0 Å². The molecule has 15 heavy (non-hydrogen) atoms. The number of nitrogens with one attached hydrogen (secondary N) is 2. The first-order valence-corrected chi connectivity index (χ1v) is 5.97. The van der Waals surface area contributed by atoms with Gasteiger partial charge in [-0.15, -0.1) is 0 Å². The molecule has 0 aromatic rings. The van der Waals surface area contributed by atoms with E-state index in [0.717, 1.165) is 13.1 Å². The maximum Gasteiger partial charge on any atom is 0.221 e. The highest BCUT2D eigenvalue weighted by molar-refractivity contribution is 5.76. The van der Waals surface area contributed by atoms with Crippen LogP contribution in [0, 0.1) is 11.8 Å². The van der Waals surface area contributed by atoms with Crippen molar-refractivity contribution in [2.24, 2.45) is 11.8 Å². The van der Waals surface area contributed by atoms with E-state index in [1.165, 1.54) is 0 Å². The van der Waals surface area contributed by atoms with Gasteiger partial charge in [0.05, 0.1) is 0 Å². The number of carbonyl (C=O) groups excluding carboxylic acids is 1. The van der Waals surface area contributed by atoms with Crippen molar-refractivity contribution in [1.82, 2.24) is 10.6 Å². The van der Waals surface area contributed by atoms with E-state index in [1.54, 1.807) is 0 Å². The summed E-state index contributed by atoms with van der Waals surface area (Å²) in [6, 6.07) is 0.268. The second-order valence-electron chi connectivity index (χ2n) is 4.69. The lowest BCUT2D eigenvalue weighted by Gasteiger charge is -2.17. The molecule has 90 valence electrons. The third-order valence-corrected chi connectivity index (χ3v) is 2.80. The van der Waals surface area contributed by atoms with Crippen LogP contribution in [0.25, 0.3) is 0 Å². The highest BCUT2D eigenvalue weighted by atomic mass is 16.1. The Morgan fingerprint density at radius 2 is 1.80 bits per heavy atom. The molecule has 0 radical (unpaired) electrons. The third-order valence-electron chi connectivity index (χ3n) is 2.80. The first kappa shape index (κ1) is 14.4.